The van der Waals surface area contributed by atoms with Crippen LogP contribution in [0.2, 0.25) is 0 Å². The minimum atomic E-state index is -4.32. The van der Waals surface area contributed by atoms with Crippen LogP contribution in [0.4, 0.5) is 18.9 Å². The van der Waals surface area contributed by atoms with Gasteiger partial charge in [0, 0.05) is 17.3 Å². The van der Waals surface area contributed by atoms with Crippen LogP contribution in [0.3, 0.4) is 0 Å². The Morgan fingerprint density at radius 2 is 2.00 bits per heavy atom. The summed E-state index contributed by atoms with van der Waals surface area (Å²) in [6.07, 6.45) is -4.32. The number of ether oxygens (including phenoxy) is 2. The Morgan fingerprint density at radius 1 is 1.31 bits per heavy atom. The van der Waals surface area contributed by atoms with Crippen LogP contribution in [0, 0.1) is 0 Å². The van der Waals surface area contributed by atoms with E-state index in [1.54, 1.807) is 12.1 Å². The highest BCUT2D eigenvalue weighted by Crippen LogP contribution is 2.21. The molecule has 0 saturated carbocycles. The van der Waals surface area contributed by atoms with Gasteiger partial charge in [0.1, 0.15) is 12.4 Å². The highest BCUT2D eigenvalue weighted by atomic mass is 19.4. The normalized spacial score (nSPS) is 11.5. The summed E-state index contributed by atoms with van der Waals surface area (Å²) in [6, 6.07) is 4.72. The molecule has 16 heavy (non-hydrogen) atoms. The van der Waals surface area contributed by atoms with Crippen molar-refractivity contribution in [3.05, 3.63) is 23.8 Å². The van der Waals surface area contributed by atoms with E-state index >= 15 is 0 Å². The average Bonchev–Trinajstić information content (AvgIpc) is 2.18. The number of methoxy groups -OCH3 is 1. The van der Waals surface area contributed by atoms with E-state index in [0.29, 0.717) is 17.0 Å². The molecule has 0 aliphatic rings. The maximum atomic E-state index is 11.8. The minimum absolute atomic E-state index is 0.171. The molecule has 1 rings (SSSR count). The fourth-order valence-electron chi connectivity index (χ4n) is 1.11. The van der Waals surface area contributed by atoms with Gasteiger partial charge in [0.15, 0.2) is 0 Å². The van der Waals surface area contributed by atoms with Crippen LogP contribution < -0.4 is 10.5 Å². The van der Waals surface area contributed by atoms with E-state index in [1.165, 1.54) is 13.2 Å². The van der Waals surface area contributed by atoms with Crippen LogP contribution in [-0.4, -0.2) is 19.9 Å². The summed E-state index contributed by atoms with van der Waals surface area (Å²) < 4.78 is 44.8. The van der Waals surface area contributed by atoms with Crippen molar-refractivity contribution in [2.75, 3.05) is 19.5 Å². The first-order valence-corrected chi connectivity index (χ1v) is 4.49. The minimum Gasteiger partial charge on any atom is -0.497 e. The topological polar surface area (TPSA) is 44.5 Å². The Bertz CT molecular complexity index is 352. The molecular weight excluding hydrogens is 223 g/mol. The van der Waals surface area contributed by atoms with Crippen LogP contribution in [0.5, 0.6) is 5.75 Å². The number of anilines is 1. The Hall–Kier alpha value is -1.43. The lowest BCUT2D eigenvalue weighted by Crippen LogP contribution is -2.17. The molecule has 0 bridgehead atoms. The van der Waals surface area contributed by atoms with Gasteiger partial charge in [-0.2, -0.15) is 13.2 Å². The van der Waals surface area contributed by atoms with Crippen LogP contribution in [-0.2, 0) is 11.3 Å². The Labute approximate surface area is 91.0 Å². The maximum Gasteiger partial charge on any atom is 0.411 e. The van der Waals surface area contributed by atoms with Gasteiger partial charge in [0.2, 0.25) is 0 Å². The molecule has 1 aromatic rings. The van der Waals surface area contributed by atoms with Gasteiger partial charge >= 0.3 is 6.18 Å². The van der Waals surface area contributed by atoms with Gasteiger partial charge < -0.3 is 15.2 Å². The number of nitrogens with two attached hydrogens (primary N) is 1. The third-order valence-electron chi connectivity index (χ3n) is 1.88. The lowest BCUT2D eigenvalue weighted by atomic mass is 10.2. The van der Waals surface area contributed by atoms with Crippen molar-refractivity contribution >= 4 is 5.69 Å². The van der Waals surface area contributed by atoms with E-state index in [4.69, 9.17) is 10.5 Å². The largest absolute Gasteiger partial charge is 0.497 e. The van der Waals surface area contributed by atoms with E-state index in [0.717, 1.165) is 0 Å². The van der Waals surface area contributed by atoms with Crippen molar-refractivity contribution < 1.29 is 22.6 Å². The van der Waals surface area contributed by atoms with Crippen molar-refractivity contribution in [2.24, 2.45) is 0 Å². The van der Waals surface area contributed by atoms with E-state index in [-0.39, 0.29) is 6.61 Å². The molecule has 1 aromatic carbocycles. The van der Waals surface area contributed by atoms with Gasteiger partial charge in [0.05, 0.1) is 13.7 Å². The third kappa shape index (κ3) is 3.98. The predicted octanol–water partition coefficient (Wildman–Crippen LogP) is 2.36. The molecule has 0 unspecified atom stereocenters. The second kappa shape index (κ2) is 5.07. The number of benzene rings is 1. The highest BCUT2D eigenvalue weighted by molar-refractivity contribution is 5.51. The van der Waals surface area contributed by atoms with Gasteiger partial charge in [-0.1, -0.05) is 6.07 Å². The van der Waals surface area contributed by atoms with E-state index in [1.807, 2.05) is 0 Å². The van der Waals surface area contributed by atoms with E-state index in [9.17, 15) is 13.2 Å². The molecule has 0 fully saturated rings. The zero-order chi connectivity index (χ0) is 12.2. The number of hydrogen-bond acceptors (Lipinski definition) is 3. The second-order valence-corrected chi connectivity index (χ2v) is 3.17. The standard InChI is InChI=1S/C10H12F3NO2/c1-15-8-3-2-7(9(14)4-8)5-16-6-10(11,12)13/h2-4H,5-6,14H2,1H3. The third-order valence-corrected chi connectivity index (χ3v) is 1.88. The summed E-state index contributed by atoms with van der Waals surface area (Å²) in [7, 11) is 1.48. The molecule has 2 N–H and O–H groups in total. The predicted molar refractivity (Wildman–Crippen MR) is 53.1 cm³/mol. The van der Waals surface area contributed by atoms with Crippen molar-refractivity contribution in [3.63, 3.8) is 0 Å². The number of alkyl halides is 3. The lowest BCUT2D eigenvalue weighted by Gasteiger charge is -2.10. The zero-order valence-corrected chi connectivity index (χ0v) is 8.67. The molecule has 6 heteroatoms. The van der Waals surface area contributed by atoms with Gasteiger partial charge in [-0.15, -0.1) is 0 Å². The molecule has 0 aliphatic carbocycles. The quantitative estimate of drug-likeness (QED) is 0.815. The van der Waals surface area contributed by atoms with Crippen LogP contribution in [0.1, 0.15) is 5.56 Å². The van der Waals surface area contributed by atoms with Crippen molar-refractivity contribution in [1.82, 2.24) is 0 Å². The van der Waals surface area contributed by atoms with Gasteiger partial charge in [-0.05, 0) is 6.07 Å². The molecule has 0 aliphatic heterocycles. The molecule has 0 saturated heterocycles. The summed E-state index contributed by atoms with van der Waals surface area (Å²) >= 11 is 0. The summed E-state index contributed by atoms with van der Waals surface area (Å²) in [5.74, 6) is 0.553. The maximum absolute atomic E-state index is 11.8. The van der Waals surface area contributed by atoms with Gasteiger partial charge in [-0.3, -0.25) is 0 Å². The number of nitrogen functional groups attached to an aromatic ring is 1. The van der Waals surface area contributed by atoms with Crippen molar-refractivity contribution in [2.45, 2.75) is 12.8 Å². The van der Waals surface area contributed by atoms with Gasteiger partial charge in [-0.25, -0.2) is 0 Å². The van der Waals surface area contributed by atoms with Crippen LogP contribution in [0.15, 0.2) is 18.2 Å². The molecule has 0 spiro atoms. The molecule has 90 valence electrons. The Morgan fingerprint density at radius 3 is 2.50 bits per heavy atom. The molecule has 0 radical (unpaired) electrons. The second-order valence-electron chi connectivity index (χ2n) is 3.17. The molecule has 0 amide bonds. The van der Waals surface area contributed by atoms with Crippen LogP contribution >= 0.6 is 0 Å². The zero-order valence-electron chi connectivity index (χ0n) is 8.67. The van der Waals surface area contributed by atoms with E-state index in [2.05, 4.69) is 4.74 Å². The Kier molecular flexibility index (Phi) is 4.00. The number of rotatable bonds is 4. The van der Waals surface area contributed by atoms with Crippen molar-refractivity contribution in [1.29, 1.82) is 0 Å². The highest BCUT2D eigenvalue weighted by Gasteiger charge is 2.27. The number of hydrogen-bond donors (Lipinski definition) is 1. The molecule has 0 heterocycles. The fourth-order valence-corrected chi connectivity index (χ4v) is 1.11. The van der Waals surface area contributed by atoms with Crippen LogP contribution in [0.25, 0.3) is 0 Å². The number of halogens is 3. The van der Waals surface area contributed by atoms with E-state index < -0.39 is 12.8 Å². The monoisotopic (exact) mass is 235 g/mol. The summed E-state index contributed by atoms with van der Waals surface area (Å²) in [5, 5.41) is 0. The average molecular weight is 235 g/mol. The molecule has 0 atom stereocenters. The smallest absolute Gasteiger partial charge is 0.411 e. The SMILES string of the molecule is COc1ccc(COCC(F)(F)F)c(N)c1. The first kappa shape index (κ1) is 12.6. The first-order chi connectivity index (χ1) is 7.42. The molecule has 0 aromatic heterocycles. The summed E-state index contributed by atoms with van der Waals surface area (Å²) in [4.78, 5) is 0. The summed E-state index contributed by atoms with van der Waals surface area (Å²) in [6.45, 7) is -1.45. The first-order valence-electron chi connectivity index (χ1n) is 4.49. The lowest BCUT2D eigenvalue weighted by molar-refractivity contribution is -0.176. The fraction of sp³-hybridized carbons (Fsp3) is 0.400. The van der Waals surface area contributed by atoms with Gasteiger partial charge in [0.25, 0.3) is 0 Å². The Balaban J connectivity index is 2.55. The summed E-state index contributed by atoms with van der Waals surface area (Å²) in [5.41, 5.74) is 6.46. The molecular formula is C10H12F3NO2. The van der Waals surface area contributed by atoms with Crippen molar-refractivity contribution in [3.8, 4) is 5.75 Å². The molecule has 3 nitrogen and oxygen atoms in total.